The Labute approximate surface area is 80.8 Å². The van der Waals surface area contributed by atoms with Crippen LogP contribution in [0.1, 0.15) is 0 Å². The molecule has 2 aromatic rings. The first-order valence-electron chi connectivity index (χ1n) is 4.27. The molecule has 0 bridgehead atoms. The lowest BCUT2D eigenvalue weighted by molar-refractivity contribution is 0.627. The molecular weight excluding hydrogens is 182 g/mol. The first kappa shape index (κ1) is 8.88. The van der Waals surface area contributed by atoms with Gasteiger partial charge in [-0.05, 0) is 35.4 Å². The van der Waals surface area contributed by atoms with Crippen molar-refractivity contribution in [2.75, 3.05) is 0 Å². The summed E-state index contributed by atoms with van der Waals surface area (Å²) in [4.78, 5) is 0. The monoisotopic (exact) mass is 190 g/mol. The maximum atomic E-state index is 12.6. The summed E-state index contributed by atoms with van der Waals surface area (Å²) >= 11 is 0. The number of hydrogen-bond acceptors (Lipinski definition) is 0. The molecule has 2 aromatic carbocycles. The quantitative estimate of drug-likeness (QED) is 0.644. The number of benzene rings is 2. The van der Waals surface area contributed by atoms with E-state index in [1.54, 1.807) is 24.3 Å². The molecular formula is C12H8F2. The molecule has 0 nitrogen and oxygen atoms in total. The van der Waals surface area contributed by atoms with Crippen LogP contribution in [-0.4, -0.2) is 0 Å². The Bertz CT molecular complexity index is 372. The van der Waals surface area contributed by atoms with Crippen LogP contribution in [0, 0.1) is 11.6 Å². The molecule has 14 heavy (non-hydrogen) atoms. The number of halogens is 2. The third kappa shape index (κ3) is 1.79. The fourth-order valence-corrected chi connectivity index (χ4v) is 1.28. The van der Waals surface area contributed by atoms with Crippen molar-refractivity contribution >= 4 is 0 Å². The summed E-state index contributed by atoms with van der Waals surface area (Å²) in [5.74, 6) is -0.535. The topological polar surface area (TPSA) is 0 Å². The highest BCUT2D eigenvalue weighted by atomic mass is 19.1. The van der Waals surface area contributed by atoms with Crippen LogP contribution in [0.2, 0.25) is 0 Å². The van der Waals surface area contributed by atoms with Gasteiger partial charge in [0.1, 0.15) is 11.6 Å². The van der Waals surface area contributed by atoms with Crippen LogP contribution in [0.25, 0.3) is 11.1 Å². The van der Waals surface area contributed by atoms with E-state index in [2.05, 4.69) is 0 Å². The van der Waals surface area contributed by atoms with Crippen molar-refractivity contribution in [3.8, 4) is 11.1 Å². The molecule has 0 spiro atoms. The van der Waals surface area contributed by atoms with Crippen LogP contribution in [0.15, 0.2) is 48.5 Å². The van der Waals surface area contributed by atoms with Gasteiger partial charge < -0.3 is 0 Å². The Kier molecular flexibility index (Phi) is 2.27. The van der Waals surface area contributed by atoms with Gasteiger partial charge in [0.25, 0.3) is 0 Å². The third-order valence-electron chi connectivity index (χ3n) is 2.02. The van der Waals surface area contributed by atoms with E-state index in [1.807, 2.05) is 0 Å². The molecule has 0 fully saturated rings. The average Bonchev–Trinajstić information content (AvgIpc) is 2.21. The minimum atomic E-state index is -0.268. The molecule has 2 rings (SSSR count). The summed E-state index contributed by atoms with van der Waals surface area (Å²) in [7, 11) is 0. The summed E-state index contributed by atoms with van der Waals surface area (Å²) in [6.07, 6.45) is 0. The van der Waals surface area contributed by atoms with Crippen LogP contribution in [0.3, 0.4) is 0 Å². The molecule has 0 aliphatic heterocycles. The van der Waals surface area contributed by atoms with Crippen LogP contribution in [0.5, 0.6) is 0 Å². The van der Waals surface area contributed by atoms with Gasteiger partial charge in [-0.3, -0.25) is 0 Å². The Morgan fingerprint density at radius 1 is 0.500 bits per heavy atom. The first-order chi connectivity index (χ1) is 6.75. The van der Waals surface area contributed by atoms with E-state index >= 15 is 0 Å². The highest BCUT2D eigenvalue weighted by Gasteiger charge is 1.97. The zero-order valence-electron chi connectivity index (χ0n) is 7.37. The first-order valence-corrected chi connectivity index (χ1v) is 4.27. The lowest BCUT2D eigenvalue weighted by atomic mass is 10.1. The van der Waals surface area contributed by atoms with E-state index in [9.17, 15) is 8.78 Å². The molecule has 0 saturated carbocycles. The van der Waals surface area contributed by atoms with Crippen molar-refractivity contribution in [2.24, 2.45) is 0 Å². The highest BCUT2D eigenvalue weighted by molar-refractivity contribution is 5.62. The van der Waals surface area contributed by atoms with Gasteiger partial charge >= 0.3 is 0 Å². The van der Waals surface area contributed by atoms with Crippen molar-refractivity contribution < 1.29 is 8.78 Å². The largest absolute Gasteiger partial charge is 0.207 e. The fraction of sp³-hybridized carbons (Fsp3) is 0. The molecule has 0 aliphatic carbocycles. The van der Waals surface area contributed by atoms with Gasteiger partial charge in [0.2, 0.25) is 0 Å². The second kappa shape index (κ2) is 3.58. The molecule has 0 saturated heterocycles. The van der Waals surface area contributed by atoms with E-state index in [0.717, 1.165) is 11.1 Å². The van der Waals surface area contributed by atoms with Gasteiger partial charge in [-0.15, -0.1) is 0 Å². The van der Waals surface area contributed by atoms with Gasteiger partial charge in [-0.2, -0.15) is 0 Å². The molecule has 2 heteroatoms. The summed E-state index contributed by atoms with van der Waals surface area (Å²) in [5, 5.41) is 0. The van der Waals surface area contributed by atoms with Crippen molar-refractivity contribution in [2.45, 2.75) is 0 Å². The smallest absolute Gasteiger partial charge is 0.123 e. The number of rotatable bonds is 1. The Balaban J connectivity index is 2.40. The molecule has 0 heterocycles. The van der Waals surface area contributed by atoms with Gasteiger partial charge in [0, 0.05) is 0 Å². The van der Waals surface area contributed by atoms with Crippen LogP contribution >= 0.6 is 0 Å². The van der Waals surface area contributed by atoms with E-state index in [1.165, 1.54) is 24.3 Å². The average molecular weight is 190 g/mol. The maximum Gasteiger partial charge on any atom is 0.123 e. The minimum absolute atomic E-state index is 0.268. The minimum Gasteiger partial charge on any atom is -0.207 e. The molecule has 0 aromatic heterocycles. The molecule has 0 N–H and O–H groups in total. The van der Waals surface area contributed by atoms with Gasteiger partial charge in [-0.1, -0.05) is 24.3 Å². The fourth-order valence-electron chi connectivity index (χ4n) is 1.28. The van der Waals surface area contributed by atoms with Gasteiger partial charge in [-0.25, -0.2) is 8.78 Å². The van der Waals surface area contributed by atoms with Crippen LogP contribution in [-0.2, 0) is 0 Å². The lowest BCUT2D eigenvalue weighted by Gasteiger charge is -2.00. The normalized spacial score (nSPS) is 10.1. The van der Waals surface area contributed by atoms with Crippen molar-refractivity contribution in [1.29, 1.82) is 0 Å². The second-order valence-electron chi connectivity index (χ2n) is 3.01. The summed E-state index contributed by atoms with van der Waals surface area (Å²) in [6, 6.07) is 12.2. The summed E-state index contributed by atoms with van der Waals surface area (Å²) in [6.45, 7) is 0. The van der Waals surface area contributed by atoms with Crippen LogP contribution in [0.4, 0.5) is 8.78 Å². The zero-order valence-corrected chi connectivity index (χ0v) is 7.37. The number of hydrogen-bond donors (Lipinski definition) is 0. The molecule has 0 atom stereocenters. The zero-order chi connectivity index (χ0) is 9.97. The van der Waals surface area contributed by atoms with Crippen molar-refractivity contribution in [1.82, 2.24) is 0 Å². The van der Waals surface area contributed by atoms with Crippen LogP contribution < -0.4 is 0 Å². The third-order valence-corrected chi connectivity index (χ3v) is 2.02. The standard InChI is InChI=1S/C12H8F2/c13-11-5-1-9(2-6-11)10-3-7-12(14)8-4-10/h1-8H. The van der Waals surface area contributed by atoms with Crippen molar-refractivity contribution in [3.05, 3.63) is 60.2 Å². The van der Waals surface area contributed by atoms with E-state index in [-0.39, 0.29) is 11.6 Å². The Morgan fingerprint density at radius 2 is 0.786 bits per heavy atom. The molecule has 0 unspecified atom stereocenters. The molecule has 70 valence electrons. The molecule has 0 aliphatic rings. The molecule has 0 radical (unpaired) electrons. The summed E-state index contributed by atoms with van der Waals surface area (Å²) < 4.78 is 25.2. The Morgan fingerprint density at radius 3 is 1.07 bits per heavy atom. The SMILES string of the molecule is Fc1ccc(-c2ccc(F)cc2)cc1. The van der Waals surface area contributed by atoms with Gasteiger partial charge in [0.15, 0.2) is 0 Å². The predicted molar refractivity (Wildman–Crippen MR) is 51.8 cm³/mol. The highest BCUT2D eigenvalue weighted by Crippen LogP contribution is 2.19. The summed E-state index contributed by atoms with van der Waals surface area (Å²) in [5.41, 5.74) is 1.76. The van der Waals surface area contributed by atoms with E-state index < -0.39 is 0 Å². The van der Waals surface area contributed by atoms with Crippen molar-refractivity contribution in [3.63, 3.8) is 0 Å². The Hall–Kier alpha value is -1.70. The predicted octanol–water partition coefficient (Wildman–Crippen LogP) is 3.63. The maximum absolute atomic E-state index is 12.6. The second-order valence-corrected chi connectivity index (χ2v) is 3.01. The van der Waals surface area contributed by atoms with E-state index in [0.29, 0.717) is 0 Å². The van der Waals surface area contributed by atoms with E-state index in [4.69, 9.17) is 0 Å². The lowest BCUT2D eigenvalue weighted by Crippen LogP contribution is -1.79. The van der Waals surface area contributed by atoms with Gasteiger partial charge in [0.05, 0.1) is 0 Å². The molecule has 0 amide bonds.